The van der Waals surface area contributed by atoms with Crippen molar-refractivity contribution in [3.8, 4) is 11.1 Å². The minimum absolute atomic E-state index is 0.00660. The van der Waals surface area contributed by atoms with Gasteiger partial charge in [-0.1, -0.05) is 179 Å². The summed E-state index contributed by atoms with van der Waals surface area (Å²) in [5.41, 5.74) is 25.9. The largest absolute Gasteiger partial charge is 0.311 e. The Balaban J connectivity index is 1.61. The summed E-state index contributed by atoms with van der Waals surface area (Å²) in [6.45, 7) is 49.3. The van der Waals surface area contributed by atoms with Crippen LogP contribution in [-0.2, 0) is 32.5 Å². The highest BCUT2D eigenvalue weighted by Crippen LogP contribution is 2.49. The number of nitrogens with zero attached hydrogens (tertiary/aromatic N) is 2. The molecule has 6 aromatic carbocycles. The third-order valence-corrected chi connectivity index (χ3v) is 14.6. The maximum absolute atomic E-state index is 2.66. The average Bonchev–Trinajstić information content (AvgIpc) is 3.17. The van der Waals surface area contributed by atoms with Crippen molar-refractivity contribution in [3.63, 3.8) is 0 Å². The van der Waals surface area contributed by atoms with Crippen LogP contribution in [0.4, 0.5) is 34.1 Å². The van der Waals surface area contributed by atoms with E-state index in [9.17, 15) is 0 Å². The zero-order valence-electron chi connectivity index (χ0n) is 44.7. The third kappa shape index (κ3) is 8.47. The molecule has 0 spiro atoms. The first kappa shape index (κ1) is 47.5. The summed E-state index contributed by atoms with van der Waals surface area (Å²) in [5, 5.41) is 0. The van der Waals surface area contributed by atoms with Crippen LogP contribution in [-0.4, -0.2) is 6.71 Å². The molecule has 0 radical (unpaired) electrons. The van der Waals surface area contributed by atoms with E-state index in [1.807, 2.05) is 0 Å². The minimum atomic E-state index is -0.0490. The van der Waals surface area contributed by atoms with Gasteiger partial charge in [-0.05, 0) is 174 Å². The molecule has 66 heavy (non-hydrogen) atoms. The number of rotatable bonds is 3. The first-order valence-electron chi connectivity index (χ1n) is 24.7. The summed E-state index contributed by atoms with van der Waals surface area (Å²) in [6.07, 6.45) is 0. The van der Waals surface area contributed by atoms with Crippen molar-refractivity contribution in [2.24, 2.45) is 0 Å². The zero-order valence-corrected chi connectivity index (χ0v) is 44.7. The summed E-state index contributed by atoms with van der Waals surface area (Å²) in [4.78, 5) is 5.32. The van der Waals surface area contributed by atoms with Crippen molar-refractivity contribution in [2.45, 2.75) is 178 Å². The molecule has 0 atom stereocenters. The Labute approximate surface area is 401 Å². The molecule has 2 nitrogen and oxygen atoms in total. The van der Waals surface area contributed by atoms with Crippen molar-refractivity contribution in [1.82, 2.24) is 0 Å². The molecule has 2 heterocycles. The molecule has 0 aromatic heterocycles. The second-order valence-electron chi connectivity index (χ2n) is 26.4. The van der Waals surface area contributed by atoms with Crippen LogP contribution in [0.5, 0.6) is 0 Å². The monoisotopic (exact) mass is 875 g/mol. The molecule has 8 rings (SSSR count). The SMILES string of the molecule is Cc1cc(C)c(-c2cc3c4c(c2)N(c2cc(C(C)(C)C)cc(C(C)(C)C)c2)c2ccc(C(C)(C)C)cc2B4c2cc(C(C)(C)C)ccc2N3c2cc(C(C)(C)C)cc(C(C)(C)C)c2)c(C)c1. The fourth-order valence-corrected chi connectivity index (χ4v) is 10.5. The first-order chi connectivity index (χ1) is 30.2. The molecule has 0 amide bonds. The Morgan fingerprint density at radius 2 is 0.652 bits per heavy atom. The van der Waals surface area contributed by atoms with Gasteiger partial charge in [0.15, 0.2) is 0 Å². The Kier molecular flexibility index (Phi) is 11.2. The quantitative estimate of drug-likeness (QED) is 0.163. The lowest BCUT2D eigenvalue weighted by molar-refractivity contribution is 0.568. The Bertz CT molecular complexity index is 2650. The van der Waals surface area contributed by atoms with Crippen molar-refractivity contribution in [3.05, 3.63) is 147 Å². The van der Waals surface area contributed by atoms with Gasteiger partial charge in [0, 0.05) is 34.1 Å². The maximum Gasteiger partial charge on any atom is 0.252 e. The summed E-state index contributed by atoms with van der Waals surface area (Å²) in [6, 6.07) is 39.6. The lowest BCUT2D eigenvalue weighted by Crippen LogP contribution is -2.61. The number of hydrogen-bond acceptors (Lipinski definition) is 2. The van der Waals surface area contributed by atoms with E-state index >= 15 is 0 Å². The third-order valence-electron chi connectivity index (χ3n) is 14.6. The molecule has 0 unspecified atom stereocenters. The number of benzene rings is 6. The van der Waals surface area contributed by atoms with Crippen LogP contribution in [0, 0.1) is 20.8 Å². The van der Waals surface area contributed by atoms with Crippen LogP contribution >= 0.6 is 0 Å². The van der Waals surface area contributed by atoms with Crippen LogP contribution < -0.4 is 26.2 Å². The molecule has 0 bridgehead atoms. The topological polar surface area (TPSA) is 6.48 Å². The molecular formula is C63H79BN2. The van der Waals surface area contributed by atoms with E-state index in [1.54, 1.807) is 0 Å². The van der Waals surface area contributed by atoms with Gasteiger partial charge in [0.25, 0.3) is 6.71 Å². The average molecular weight is 875 g/mol. The number of fused-ring (bicyclic) bond motifs is 4. The zero-order chi connectivity index (χ0) is 48.6. The summed E-state index contributed by atoms with van der Waals surface area (Å²) in [5.74, 6) is 0. The van der Waals surface area contributed by atoms with Gasteiger partial charge < -0.3 is 9.80 Å². The fourth-order valence-electron chi connectivity index (χ4n) is 10.5. The van der Waals surface area contributed by atoms with Gasteiger partial charge >= 0.3 is 0 Å². The molecular weight excluding hydrogens is 796 g/mol. The van der Waals surface area contributed by atoms with Crippen molar-refractivity contribution in [1.29, 1.82) is 0 Å². The van der Waals surface area contributed by atoms with Gasteiger partial charge in [0.05, 0.1) is 0 Å². The predicted molar refractivity (Wildman–Crippen MR) is 292 cm³/mol. The van der Waals surface area contributed by atoms with E-state index in [-0.39, 0.29) is 39.2 Å². The van der Waals surface area contributed by atoms with Gasteiger partial charge in [-0.2, -0.15) is 0 Å². The minimum Gasteiger partial charge on any atom is -0.311 e. The molecule has 0 aliphatic carbocycles. The van der Waals surface area contributed by atoms with Gasteiger partial charge in [0.2, 0.25) is 0 Å². The normalized spacial score (nSPS) is 14.3. The van der Waals surface area contributed by atoms with E-state index in [4.69, 9.17) is 0 Å². The lowest BCUT2D eigenvalue weighted by Gasteiger charge is -2.46. The van der Waals surface area contributed by atoms with Crippen LogP contribution in [0.1, 0.15) is 175 Å². The van der Waals surface area contributed by atoms with Crippen LogP contribution in [0.15, 0.2) is 97.1 Å². The molecule has 3 heteroatoms. The number of aryl methyl sites for hydroxylation is 3. The molecule has 0 fully saturated rings. The van der Waals surface area contributed by atoms with E-state index in [1.165, 1.54) is 112 Å². The Morgan fingerprint density at radius 3 is 0.955 bits per heavy atom. The maximum atomic E-state index is 2.66. The molecule has 344 valence electrons. The standard InChI is InChI=1S/C63H79BN2/c1-38-26-39(2)56(40(3)27-38)41-28-54-57-55(29-41)66(49-34-46(62(16,17)18)31-47(35-49)63(19,20)21)53-25-23-43(59(7,8)9)37-51(53)64(57)50-36-42(58(4,5)6)22-24-52(50)65(54)48-32-44(60(10,11)12)30-45(33-48)61(13,14)15/h22-37H,1-21H3. The molecule has 0 saturated carbocycles. The van der Waals surface area contributed by atoms with Gasteiger partial charge in [-0.15, -0.1) is 0 Å². The smallest absolute Gasteiger partial charge is 0.252 e. The van der Waals surface area contributed by atoms with E-state index in [0.29, 0.717) is 0 Å². The first-order valence-corrected chi connectivity index (χ1v) is 24.7. The molecule has 0 N–H and O–H groups in total. The van der Waals surface area contributed by atoms with Crippen LogP contribution in [0.25, 0.3) is 11.1 Å². The highest BCUT2D eigenvalue weighted by Gasteiger charge is 2.45. The number of hydrogen-bond donors (Lipinski definition) is 0. The second kappa shape index (κ2) is 15.5. The van der Waals surface area contributed by atoms with E-state index in [0.717, 1.165) is 0 Å². The molecule has 2 aliphatic heterocycles. The Morgan fingerprint density at radius 1 is 0.333 bits per heavy atom. The van der Waals surface area contributed by atoms with E-state index in [2.05, 4.69) is 252 Å². The summed E-state index contributed by atoms with van der Waals surface area (Å²) >= 11 is 0. The predicted octanol–water partition coefficient (Wildman–Crippen LogP) is 16.1. The summed E-state index contributed by atoms with van der Waals surface area (Å²) < 4.78 is 0. The van der Waals surface area contributed by atoms with Crippen LogP contribution in [0.3, 0.4) is 0 Å². The van der Waals surface area contributed by atoms with Crippen molar-refractivity contribution < 1.29 is 0 Å². The van der Waals surface area contributed by atoms with Crippen LogP contribution in [0.2, 0.25) is 0 Å². The lowest BCUT2D eigenvalue weighted by atomic mass is 9.33. The fraction of sp³-hybridized carbons (Fsp3) is 0.429. The summed E-state index contributed by atoms with van der Waals surface area (Å²) in [7, 11) is 0. The van der Waals surface area contributed by atoms with Crippen molar-refractivity contribution >= 4 is 57.2 Å². The van der Waals surface area contributed by atoms with E-state index < -0.39 is 0 Å². The highest BCUT2D eigenvalue weighted by molar-refractivity contribution is 7.00. The van der Waals surface area contributed by atoms with Crippen molar-refractivity contribution in [2.75, 3.05) is 9.80 Å². The molecule has 0 saturated heterocycles. The highest BCUT2D eigenvalue weighted by atomic mass is 15.2. The van der Waals surface area contributed by atoms with Gasteiger partial charge in [-0.3, -0.25) is 0 Å². The number of anilines is 6. The van der Waals surface area contributed by atoms with Gasteiger partial charge in [0.1, 0.15) is 0 Å². The Hall–Kier alpha value is -5.02. The van der Waals surface area contributed by atoms with Gasteiger partial charge in [-0.25, -0.2) is 0 Å². The molecule has 2 aliphatic rings. The second-order valence-corrected chi connectivity index (χ2v) is 26.4. The molecule has 6 aromatic rings.